The first-order valence-corrected chi connectivity index (χ1v) is 9.83. The number of likely N-dealkylation sites (tertiary alicyclic amines) is 1. The zero-order chi connectivity index (χ0) is 18.1. The van der Waals surface area contributed by atoms with Crippen LogP contribution in [0.1, 0.15) is 33.1 Å². The molecular weight excluding hydrogens is 338 g/mol. The molecule has 0 aromatic heterocycles. The first kappa shape index (κ1) is 18.2. The van der Waals surface area contributed by atoms with E-state index in [2.05, 4.69) is 23.3 Å². The van der Waals surface area contributed by atoms with Crippen LogP contribution in [0.5, 0.6) is 0 Å². The SMILES string of the molecule is CCCC(=O)NC1C(=O)N2C(C(C)=O)=C(C=C3CCN(C)C3)CSC12. The monoisotopic (exact) mass is 363 g/mol. The second kappa shape index (κ2) is 7.33. The fourth-order valence-corrected chi connectivity index (χ4v) is 4.89. The Labute approximate surface area is 152 Å². The van der Waals surface area contributed by atoms with E-state index in [0.717, 1.165) is 31.5 Å². The van der Waals surface area contributed by atoms with Crippen molar-refractivity contribution < 1.29 is 14.4 Å². The van der Waals surface area contributed by atoms with Gasteiger partial charge in [-0.2, -0.15) is 0 Å². The van der Waals surface area contributed by atoms with Gasteiger partial charge in [0, 0.05) is 32.2 Å². The van der Waals surface area contributed by atoms with E-state index in [9.17, 15) is 14.4 Å². The maximum absolute atomic E-state index is 12.6. The second-order valence-corrected chi connectivity index (χ2v) is 8.03. The molecule has 3 rings (SSSR count). The van der Waals surface area contributed by atoms with Gasteiger partial charge in [-0.15, -0.1) is 11.8 Å². The van der Waals surface area contributed by atoms with Gasteiger partial charge in [0.2, 0.25) is 5.91 Å². The first-order chi connectivity index (χ1) is 11.9. The van der Waals surface area contributed by atoms with Crippen molar-refractivity contribution in [2.45, 2.75) is 44.5 Å². The van der Waals surface area contributed by atoms with E-state index < -0.39 is 6.04 Å². The van der Waals surface area contributed by atoms with Crippen LogP contribution in [-0.4, -0.2) is 64.7 Å². The van der Waals surface area contributed by atoms with Crippen molar-refractivity contribution in [1.29, 1.82) is 0 Å². The Balaban J connectivity index is 1.81. The summed E-state index contributed by atoms with van der Waals surface area (Å²) >= 11 is 1.62. The van der Waals surface area contributed by atoms with Crippen molar-refractivity contribution in [3.05, 3.63) is 22.9 Å². The predicted octanol–water partition coefficient (Wildman–Crippen LogP) is 1.29. The number of hydrogen-bond acceptors (Lipinski definition) is 5. The lowest BCUT2D eigenvalue weighted by atomic mass is 9.99. The van der Waals surface area contributed by atoms with Crippen LogP contribution in [-0.2, 0) is 14.4 Å². The number of carbonyl (C=O) groups excluding carboxylic acids is 3. The third kappa shape index (κ3) is 3.53. The maximum Gasteiger partial charge on any atom is 0.253 e. The summed E-state index contributed by atoms with van der Waals surface area (Å²) in [5.74, 6) is 0.328. The minimum atomic E-state index is -0.509. The van der Waals surface area contributed by atoms with E-state index in [1.165, 1.54) is 12.5 Å². The Hall–Kier alpha value is -1.60. The molecule has 2 saturated heterocycles. The number of fused-ring (bicyclic) bond motifs is 1. The molecule has 3 heterocycles. The minimum Gasteiger partial charge on any atom is -0.342 e. The Morgan fingerprint density at radius 3 is 2.76 bits per heavy atom. The molecule has 2 amide bonds. The third-order valence-corrected chi connectivity index (χ3v) is 6.09. The number of carbonyl (C=O) groups is 3. The van der Waals surface area contributed by atoms with Crippen LogP contribution >= 0.6 is 11.8 Å². The molecule has 1 N–H and O–H groups in total. The molecule has 0 bridgehead atoms. The summed E-state index contributed by atoms with van der Waals surface area (Å²) in [6, 6.07) is -0.509. The molecule has 7 heteroatoms. The Kier molecular flexibility index (Phi) is 5.34. The number of nitrogens with one attached hydrogen (secondary N) is 1. The van der Waals surface area contributed by atoms with Crippen molar-refractivity contribution >= 4 is 29.4 Å². The molecule has 136 valence electrons. The second-order valence-electron chi connectivity index (χ2n) is 6.93. The summed E-state index contributed by atoms with van der Waals surface area (Å²) in [6.45, 7) is 5.38. The van der Waals surface area contributed by atoms with E-state index >= 15 is 0 Å². The molecule has 0 aromatic carbocycles. The van der Waals surface area contributed by atoms with Crippen molar-refractivity contribution in [3.8, 4) is 0 Å². The van der Waals surface area contributed by atoms with Crippen LogP contribution in [0.15, 0.2) is 22.9 Å². The van der Waals surface area contributed by atoms with Gasteiger partial charge in [-0.05, 0) is 25.5 Å². The topological polar surface area (TPSA) is 69.7 Å². The summed E-state index contributed by atoms with van der Waals surface area (Å²) in [6.07, 6.45) is 4.27. The zero-order valence-corrected chi connectivity index (χ0v) is 15.8. The number of hydrogen-bond donors (Lipinski definition) is 1. The molecule has 2 unspecified atom stereocenters. The van der Waals surface area contributed by atoms with E-state index in [-0.39, 0.29) is 23.0 Å². The van der Waals surface area contributed by atoms with Gasteiger partial charge in [0.1, 0.15) is 11.4 Å². The summed E-state index contributed by atoms with van der Waals surface area (Å²) in [5.41, 5.74) is 2.75. The van der Waals surface area contributed by atoms with Crippen molar-refractivity contribution in [2.75, 3.05) is 25.9 Å². The fourth-order valence-electron chi connectivity index (χ4n) is 3.59. The van der Waals surface area contributed by atoms with Crippen LogP contribution < -0.4 is 5.32 Å². The number of rotatable bonds is 5. The molecule has 3 aliphatic heterocycles. The Morgan fingerprint density at radius 2 is 2.16 bits per heavy atom. The lowest BCUT2D eigenvalue weighted by Crippen LogP contribution is -2.70. The van der Waals surface area contributed by atoms with Gasteiger partial charge < -0.3 is 10.2 Å². The number of amides is 2. The summed E-state index contributed by atoms with van der Waals surface area (Å²) in [5, 5.41) is 2.65. The average molecular weight is 363 g/mol. The lowest BCUT2D eigenvalue weighted by molar-refractivity contribution is -0.147. The van der Waals surface area contributed by atoms with Gasteiger partial charge in [-0.3, -0.25) is 19.3 Å². The number of β-lactam (4-membered cyclic amide) rings is 1. The number of ketones is 1. The number of likely N-dealkylation sites (N-methyl/N-ethyl adjacent to an activating group) is 1. The first-order valence-electron chi connectivity index (χ1n) is 8.78. The maximum atomic E-state index is 12.6. The van der Waals surface area contributed by atoms with E-state index in [4.69, 9.17) is 0 Å². The summed E-state index contributed by atoms with van der Waals surface area (Å²) in [7, 11) is 2.08. The lowest BCUT2D eigenvalue weighted by Gasteiger charge is -2.49. The molecular formula is C18H25N3O3S. The highest BCUT2D eigenvalue weighted by Gasteiger charge is 2.53. The number of Topliss-reactive ketones (excluding diaryl/α,β-unsaturated/α-hetero) is 1. The molecule has 0 radical (unpaired) electrons. The van der Waals surface area contributed by atoms with Crippen LogP contribution in [0.4, 0.5) is 0 Å². The average Bonchev–Trinajstić information content (AvgIpc) is 2.97. The van der Waals surface area contributed by atoms with Gasteiger partial charge >= 0.3 is 0 Å². The van der Waals surface area contributed by atoms with Crippen LogP contribution in [0.3, 0.4) is 0 Å². The van der Waals surface area contributed by atoms with E-state index in [0.29, 0.717) is 17.9 Å². The Bertz CT molecular complexity index is 670. The molecule has 0 aliphatic carbocycles. The molecule has 2 fully saturated rings. The van der Waals surface area contributed by atoms with Gasteiger partial charge in [-0.1, -0.05) is 18.6 Å². The summed E-state index contributed by atoms with van der Waals surface area (Å²) < 4.78 is 0. The smallest absolute Gasteiger partial charge is 0.253 e. The predicted molar refractivity (Wildman–Crippen MR) is 97.8 cm³/mol. The molecule has 0 spiro atoms. The van der Waals surface area contributed by atoms with Gasteiger partial charge in [-0.25, -0.2) is 0 Å². The third-order valence-electron chi connectivity index (χ3n) is 4.79. The highest BCUT2D eigenvalue weighted by Crippen LogP contribution is 2.41. The van der Waals surface area contributed by atoms with Gasteiger partial charge in [0.15, 0.2) is 5.78 Å². The molecule has 2 atom stereocenters. The highest BCUT2D eigenvalue weighted by molar-refractivity contribution is 8.00. The minimum absolute atomic E-state index is 0.0878. The molecule has 0 aromatic rings. The standard InChI is InChI=1S/C18H25N3O3S/c1-4-5-14(23)19-15-17(24)21-16(11(2)22)13(10-25-18(15)21)8-12-6-7-20(3)9-12/h8,15,18H,4-7,9-10H2,1-3H3,(H,19,23). The molecule has 6 nitrogen and oxygen atoms in total. The van der Waals surface area contributed by atoms with E-state index in [1.807, 2.05) is 6.92 Å². The van der Waals surface area contributed by atoms with Gasteiger partial charge in [0.05, 0.1) is 5.70 Å². The zero-order valence-electron chi connectivity index (χ0n) is 15.0. The quantitative estimate of drug-likeness (QED) is 0.746. The van der Waals surface area contributed by atoms with E-state index in [1.54, 1.807) is 16.7 Å². The van der Waals surface area contributed by atoms with Crippen LogP contribution in [0.2, 0.25) is 0 Å². The van der Waals surface area contributed by atoms with Crippen molar-refractivity contribution in [2.24, 2.45) is 0 Å². The van der Waals surface area contributed by atoms with Crippen LogP contribution in [0, 0.1) is 0 Å². The summed E-state index contributed by atoms with van der Waals surface area (Å²) in [4.78, 5) is 40.4. The fraction of sp³-hybridized carbons (Fsp3) is 0.611. The Morgan fingerprint density at radius 1 is 1.40 bits per heavy atom. The van der Waals surface area contributed by atoms with Crippen LogP contribution in [0.25, 0.3) is 0 Å². The number of thioether (sulfide) groups is 1. The molecule has 25 heavy (non-hydrogen) atoms. The number of allylic oxidation sites excluding steroid dienone is 2. The normalized spacial score (nSPS) is 28.2. The highest BCUT2D eigenvalue weighted by atomic mass is 32.2. The van der Waals surface area contributed by atoms with Crippen molar-refractivity contribution in [3.63, 3.8) is 0 Å². The largest absolute Gasteiger partial charge is 0.342 e. The molecule has 3 aliphatic rings. The number of nitrogens with zero attached hydrogens (tertiary/aromatic N) is 2. The molecule has 0 saturated carbocycles. The van der Waals surface area contributed by atoms with Gasteiger partial charge in [0.25, 0.3) is 5.91 Å². The van der Waals surface area contributed by atoms with Crippen molar-refractivity contribution in [1.82, 2.24) is 15.1 Å².